The Morgan fingerprint density at radius 3 is 2.79 bits per heavy atom. The third kappa shape index (κ3) is 2.58. The second-order valence-corrected chi connectivity index (χ2v) is 4.13. The summed E-state index contributed by atoms with van der Waals surface area (Å²) in [6, 6.07) is 7.06. The Balaban J connectivity index is 2.39. The fourth-order valence-corrected chi connectivity index (χ4v) is 1.87. The highest BCUT2D eigenvalue weighted by Crippen LogP contribution is 2.23. The molecule has 1 aromatic heterocycles. The minimum atomic E-state index is -0.244. The molecule has 19 heavy (non-hydrogen) atoms. The number of carbonyl (C=O) groups excluding carboxylic acids is 1. The summed E-state index contributed by atoms with van der Waals surface area (Å²) in [5.74, 6) is -0.244. The molecule has 0 saturated carbocycles. The van der Waals surface area contributed by atoms with Crippen LogP contribution >= 0.6 is 0 Å². The molecule has 3 N–H and O–H groups in total. The maximum Gasteiger partial charge on any atom is 0.276 e. The van der Waals surface area contributed by atoms with Crippen LogP contribution in [0.3, 0.4) is 0 Å². The molecule has 1 heterocycles. The standard InChI is InChI=1S/C13H16N4O2/c1-16-9-15-8-12(16)13(19)17(6-7-18)11-5-3-2-4-10(11)14/h2-5,8-9,18H,6-7,14H2,1H3. The minimum absolute atomic E-state index is 0.141. The summed E-state index contributed by atoms with van der Waals surface area (Å²) in [6.45, 7) is 0.0378. The summed E-state index contributed by atoms with van der Waals surface area (Å²) < 4.78 is 1.63. The highest BCUT2D eigenvalue weighted by atomic mass is 16.3. The summed E-state index contributed by atoms with van der Waals surface area (Å²) in [6.07, 6.45) is 3.05. The second kappa shape index (κ2) is 5.53. The summed E-state index contributed by atoms with van der Waals surface area (Å²) >= 11 is 0. The Bertz CT molecular complexity index is 580. The zero-order valence-corrected chi connectivity index (χ0v) is 10.7. The number of amides is 1. The second-order valence-electron chi connectivity index (χ2n) is 4.13. The van der Waals surface area contributed by atoms with E-state index in [0.29, 0.717) is 17.1 Å². The number of aryl methyl sites for hydroxylation is 1. The average molecular weight is 260 g/mol. The molecule has 1 aromatic carbocycles. The van der Waals surface area contributed by atoms with Crippen LogP contribution in [0.1, 0.15) is 10.5 Å². The molecule has 0 radical (unpaired) electrons. The smallest absolute Gasteiger partial charge is 0.276 e. The molecule has 2 rings (SSSR count). The lowest BCUT2D eigenvalue weighted by Gasteiger charge is -2.23. The quantitative estimate of drug-likeness (QED) is 0.790. The molecule has 6 heteroatoms. The van der Waals surface area contributed by atoms with Gasteiger partial charge in [-0.25, -0.2) is 4.98 Å². The van der Waals surface area contributed by atoms with Gasteiger partial charge in [-0.2, -0.15) is 0 Å². The molecule has 2 aromatic rings. The Kier molecular flexibility index (Phi) is 3.82. The molecule has 0 bridgehead atoms. The zero-order valence-electron chi connectivity index (χ0n) is 10.7. The highest BCUT2D eigenvalue weighted by molar-refractivity contribution is 6.06. The number of benzene rings is 1. The number of nitrogens with zero attached hydrogens (tertiary/aromatic N) is 3. The van der Waals surface area contributed by atoms with Crippen molar-refractivity contribution in [3.05, 3.63) is 42.5 Å². The number of hydrogen-bond acceptors (Lipinski definition) is 4. The van der Waals surface area contributed by atoms with Crippen LogP contribution in [0.25, 0.3) is 0 Å². The average Bonchev–Trinajstić information content (AvgIpc) is 2.82. The Morgan fingerprint density at radius 2 is 2.21 bits per heavy atom. The monoisotopic (exact) mass is 260 g/mol. The van der Waals surface area contributed by atoms with Gasteiger partial charge in [-0.3, -0.25) is 4.79 Å². The van der Waals surface area contributed by atoms with E-state index in [9.17, 15) is 4.79 Å². The van der Waals surface area contributed by atoms with Gasteiger partial charge in [0.15, 0.2) is 0 Å². The fourth-order valence-electron chi connectivity index (χ4n) is 1.87. The van der Waals surface area contributed by atoms with Crippen molar-refractivity contribution in [2.75, 3.05) is 23.8 Å². The van der Waals surface area contributed by atoms with Crippen molar-refractivity contribution in [2.24, 2.45) is 7.05 Å². The largest absolute Gasteiger partial charge is 0.397 e. The third-order valence-corrected chi connectivity index (χ3v) is 2.83. The van der Waals surface area contributed by atoms with Gasteiger partial charge in [0.05, 0.1) is 30.5 Å². The first-order valence-corrected chi connectivity index (χ1v) is 5.88. The molecule has 0 aliphatic rings. The Morgan fingerprint density at radius 1 is 1.47 bits per heavy atom. The van der Waals surface area contributed by atoms with Crippen LogP contribution in [0.5, 0.6) is 0 Å². The van der Waals surface area contributed by atoms with Crippen molar-refractivity contribution >= 4 is 17.3 Å². The van der Waals surface area contributed by atoms with E-state index in [1.165, 1.54) is 11.1 Å². The molecule has 0 aliphatic heterocycles. The highest BCUT2D eigenvalue weighted by Gasteiger charge is 2.21. The van der Waals surface area contributed by atoms with Crippen molar-refractivity contribution in [1.82, 2.24) is 9.55 Å². The number of aliphatic hydroxyl groups is 1. The van der Waals surface area contributed by atoms with E-state index >= 15 is 0 Å². The molecular weight excluding hydrogens is 244 g/mol. The van der Waals surface area contributed by atoms with E-state index in [2.05, 4.69) is 4.98 Å². The maximum absolute atomic E-state index is 12.5. The summed E-state index contributed by atoms with van der Waals surface area (Å²) in [5, 5.41) is 9.15. The molecule has 0 unspecified atom stereocenters. The summed E-state index contributed by atoms with van der Waals surface area (Å²) in [5.41, 5.74) is 7.40. The van der Waals surface area contributed by atoms with E-state index < -0.39 is 0 Å². The van der Waals surface area contributed by atoms with Crippen LogP contribution in [0.2, 0.25) is 0 Å². The number of nitrogen functional groups attached to an aromatic ring is 1. The van der Waals surface area contributed by atoms with Gasteiger partial charge in [-0.05, 0) is 12.1 Å². The van der Waals surface area contributed by atoms with Crippen LogP contribution in [0.15, 0.2) is 36.8 Å². The first-order chi connectivity index (χ1) is 9.15. The first kappa shape index (κ1) is 13.1. The Labute approximate surface area is 111 Å². The van der Waals surface area contributed by atoms with Crippen LogP contribution in [0, 0.1) is 0 Å². The summed E-state index contributed by atoms with van der Waals surface area (Å²) in [4.78, 5) is 17.8. The van der Waals surface area contributed by atoms with Gasteiger partial charge >= 0.3 is 0 Å². The van der Waals surface area contributed by atoms with Crippen LogP contribution < -0.4 is 10.6 Å². The van der Waals surface area contributed by atoms with Gasteiger partial charge in [0, 0.05) is 13.6 Å². The number of aliphatic hydroxyl groups excluding tert-OH is 1. The lowest BCUT2D eigenvalue weighted by Crippen LogP contribution is -2.35. The fraction of sp³-hybridized carbons (Fsp3) is 0.231. The van der Waals surface area contributed by atoms with Crippen molar-refractivity contribution in [3.8, 4) is 0 Å². The lowest BCUT2D eigenvalue weighted by atomic mass is 10.2. The number of hydrogen-bond donors (Lipinski definition) is 2. The van der Waals surface area contributed by atoms with Gasteiger partial charge in [0.2, 0.25) is 0 Å². The minimum Gasteiger partial charge on any atom is -0.397 e. The first-order valence-electron chi connectivity index (χ1n) is 5.88. The molecule has 1 amide bonds. The predicted molar refractivity (Wildman–Crippen MR) is 72.8 cm³/mol. The van der Waals surface area contributed by atoms with Gasteiger partial charge in [-0.15, -0.1) is 0 Å². The van der Waals surface area contributed by atoms with Crippen LogP contribution in [-0.2, 0) is 7.05 Å². The molecule has 0 saturated heterocycles. The third-order valence-electron chi connectivity index (χ3n) is 2.83. The molecule has 0 fully saturated rings. The van der Waals surface area contributed by atoms with Crippen molar-refractivity contribution < 1.29 is 9.90 Å². The number of carbonyl (C=O) groups is 1. The van der Waals surface area contributed by atoms with E-state index in [-0.39, 0.29) is 19.1 Å². The Hall–Kier alpha value is -2.34. The molecule has 0 aliphatic carbocycles. The number of nitrogens with two attached hydrogens (primary N) is 1. The lowest BCUT2D eigenvalue weighted by molar-refractivity contribution is 0.0973. The number of para-hydroxylation sites is 2. The molecular formula is C13H16N4O2. The number of anilines is 2. The van der Waals surface area contributed by atoms with Crippen molar-refractivity contribution in [3.63, 3.8) is 0 Å². The SMILES string of the molecule is Cn1cncc1C(=O)N(CCO)c1ccccc1N. The number of imidazole rings is 1. The topological polar surface area (TPSA) is 84.4 Å². The molecule has 6 nitrogen and oxygen atoms in total. The molecule has 100 valence electrons. The molecule has 0 spiro atoms. The maximum atomic E-state index is 12.5. The van der Waals surface area contributed by atoms with Crippen molar-refractivity contribution in [2.45, 2.75) is 0 Å². The van der Waals surface area contributed by atoms with E-state index in [1.807, 2.05) is 0 Å². The predicted octanol–water partition coefficient (Wildman–Crippen LogP) is 0.641. The zero-order chi connectivity index (χ0) is 13.8. The van der Waals surface area contributed by atoms with Crippen LogP contribution in [-0.4, -0.2) is 33.7 Å². The normalized spacial score (nSPS) is 10.4. The van der Waals surface area contributed by atoms with Gasteiger partial charge in [0.25, 0.3) is 5.91 Å². The van der Waals surface area contributed by atoms with Crippen molar-refractivity contribution in [1.29, 1.82) is 0 Å². The molecule has 0 atom stereocenters. The van der Waals surface area contributed by atoms with E-state index in [0.717, 1.165) is 0 Å². The van der Waals surface area contributed by atoms with Crippen LogP contribution in [0.4, 0.5) is 11.4 Å². The van der Waals surface area contributed by atoms with Gasteiger partial charge < -0.3 is 20.3 Å². The number of aromatic nitrogens is 2. The van der Waals surface area contributed by atoms with Gasteiger partial charge in [-0.1, -0.05) is 12.1 Å². The summed E-state index contributed by atoms with van der Waals surface area (Å²) in [7, 11) is 1.74. The van der Waals surface area contributed by atoms with Gasteiger partial charge in [0.1, 0.15) is 5.69 Å². The van der Waals surface area contributed by atoms with E-state index in [1.54, 1.807) is 42.2 Å². The number of rotatable bonds is 4. The van der Waals surface area contributed by atoms with E-state index in [4.69, 9.17) is 10.8 Å².